The van der Waals surface area contributed by atoms with Crippen LogP contribution in [0.3, 0.4) is 0 Å². The summed E-state index contributed by atoms with van der Waals surface area (Å²) in [6.07, 6.45) is 1.84. The molecule has 19 heavy (non-hydrogen) atoms. The molecule has 1 aliphatic heterocycles. The van der Waals surface area contributed by atoms with Gasteiger partial charge in [0.1, 0.15) is 5.01 Å². The lowest BCUT2D eigenvalue weighted by Crippen LogP contribution is -2.27. The smallest absolute Gasteiger partial charge is 0.275 e. The summed E-state index contributed by atoms with van der Waals surface area (Å²) >= 11 is 1.48. The van der Waals surface area contributed by atoms with Crippen LogP contribution in [0.1, 0.15) is 24.0 Å². The maximum Gasteiger partial charge on any atom is 0.275 e. The van der Waals surface area contributed by atoms with Crippen molar-refractivity contribution in [3.8, 4) is 0 Å². The summed E-state index contributed by atoms with van der Waals surface area (Å²) in [6.45, 7) is 4.57. The summed E-state index contributed by atoms with van der Waals surface area (Å²) in [4.78, 5) is 19.4. The van der Waals surface area contributed by atoms with Gasteiger partial charge in [0.25, 0.3) is 5.56 Å². The Hall–Kier alpha value is -1.31. The maximum absolute atomic E-state index is 12.0. The Morgan fingerprint density at radius 2 is 2.42 bits per heavy atom. The second-order valence-corrected chi connectivity index (χ2v) is 5.95. The third-order valence-electron chi connectivity index (χ3n) is 3.34. The first-order valence-corrected chi connectivity index (χ1v) is 7.34. The number of aryl methyl sites for hydroxylation is 1. The number of nitrogens with zero attached hydrogens (tertiary/aromatic N) is 4. The van der Waals surface area contributed by atoms with E-state index in [1.54, 1.807) is 6.07 Å². The van der Waals surface area contributed by atoms with Gasteiger partial charge in [-0.1, -0.05) is 18.3 Å². The van der Waals surface area contributed by atoms with E-state index in [0.717, 1.165) is 36.6 Å². The molecule has 102 valence electrons. The molecule has 0 unspecified atom stereocenters. The Bertz CT molecular complexity index is 649. The van der Waals surface area contributed by atoms with E-state index in [2.05, 4.69) is 15.0 Å². The van der Waals surface area contributed by atoms with Gasteiger partial charge >= 0.3 is 0 Å². The molecule has 1 saturated heterocycles. The molecule has 1 aliphatic rings. The molecule has 1 fully saturated rings. The predicted octanol–water partition coefficient (Wildman–Crippen LogP) is 0.246. The van der Waals surface area contributed by atoms with Crippen molar-refractivity contribution in [2.24, 2.45) is 5.73 Å². The Morgan fingerprint density at radius 3 is 3.11 bits per heavy atom. The van der Waals surface area contributed by atoms with Gasteiger partial charge in [-0.15, -0.1) is 0 Å². The van der Waals surface area contributed by atoms with E-state index in [0.29, 0.717) is 11.5 Å². The van der Waals surface area contributed by atoms with Gasteiger partial charge in [-0.2, -0.15) is 9.61 Å². The van der Waals surface area contributed by atoms with Gasteiger partial charge in [0, 0.05) is 31.7 Å². The molecular weight excluding hydrogens is 262 g/mol. The first-order chi connectivity index (χ1) is 9.15. The third kappa shape index (κ3) is 2.54. The molecule has 2 aromatic rings. The molecule has 0 radical (unpaired) electrons. The largest absolute Gasteiger partial charge is 0.326 e. The fourth-order valence-corrected chi connectivity index (χ4v) is 3.21. The molecule has 0 aromatic carbocycles. The summed E-state index contributed by atoms with van der Waals surface area (Å²) in [5.41, 5.74) is 6.60. The minimum absolute atomic E-state index is 0.0977. The fraction of sp³-hybridized carbons (Fsp3) is 0.583. The van der Waals surface area contributed by atoms with Gasteiger partial charge in [0.05, 0.1) is 5.69 Å². The normalized spacial score (nSPS) is 20.4. The topological polar surface area (TPSA) is 76.5 Å². The molecular formula is C12H17N5OS. The van der Waals surface area contributed by atoms with Crippen molar-refractivity contribution in [3.63, 3.8) is 0 Å². The highest BCUT2D eigenvalue weighted by Gasteiger charge is 2.20. The number of nitrogens with two attached hydrogens (primary N) is 1. The molecule has 0 saturated carbocycles. The lowest BCUT2D eigenvalue weighted by Gasteiger charge is -2.13. The summed E-state index contributed by atoms with van der Waals surface area (Å²) in [5.74, 6) is 0. The van der Waals surface area contributed by atoms with Crippen LogP contribution in [0.25, 0.3) is 4.96 Å². The van der Waals surface area contributed by atoms with Crippen LogP contribution in [-0.4, -0.2) is 38.6 Å². The number of likely N-dealkylation sites (tertiary alicyclic amines) is 1. The molecule has 0 spiro atoms. The Morgan fingerprint density at radius 1 is 1.58 bits per heavy atom. The summed E-state index contributed by atoms with van der Waals surface area (Å²) in [7, 11) is 0. The van der Waals surface area contributed by atoms with Crippen LogP contribution in [-0.2, 0) is 13.0 Å². The van der Waals surface area contributed by atoms with E-state index in [-0.39, 0.29) is 11.6 Å². The van der Waals surface area contributed by atoms with Crippen molar-refractivity contribution < 1.29 is 0 Å². The first kappa shape index (κ1) is 12.7. The zero-order valence-electron chi connectivity index (χ0n) is 10.9. The SMILES string of the molecule is CCc1nn2c(=O)cc(CN3CC[C@H](N)C3)nc2s1. The van der Waals surface area contributed by atoms with E-state index in [4.69, 9.17) is 5.73 Å². The summed E-state index contributed by atoms with van der Waals surface area (Å²) in [5, 5.41) is 5.18. The first-order valence-electron chi connectivity index (χ1n) is 6.52. The van der Waals surface area contributed by atoms with Gasteiger partial charge < -0.3 is 5.73 Å². The lowest BCUT2D eigenvalue weighted by molar-refractivity contribution is 0.323. The second-order valence-electron chi connectivity index (χ2n) is 4.91. The van der Waals surface area contributed by atoms with Crippen molar-refractivity contribution in [2.45, 2.75) is 32.4 Å². The Kier molecular flexibility index (Phi) is 3.34. The average molecular weight is 279 g/mol. The number of hydrogen-bond acceptors (Lipinski definition) is 6. The fourth-order valence-electron chi connectivity index (χ4n) is 2.36. The standard InChI is InChI=1S/C12H17N5OS/c1-2-10-15-17-11(18)5-9(14-12(17)19-10)7-16-4-3-8(13)6-16/h5,8H,2-4,6-7,13H2,1H3/t8-/m0/s1. The number of aromatic nitrogens is 3. The molecule has 2 aromatic heterocycles. The molecule has 2 N–H and O–H groups in total. The zero-order chi connectivity index (χ0) is 13.4. The highest BCUT2D eigenvalue weighted by Crippen LogP contribution is 2.14. The van der Waals surface area contributed by atoms with E-state index in [1.165, 1.54) is 15.9 Å². The van der Waals surface area contributed by atoms with Crippen LogP contribution in [0.5, 0.6) is 0 Å². The minimum atomic E-state index is -0.0977. The summed E-state index contributed by atoms with van der Waals surface area (Å²) in [6, 6.07) is 1.83. The van der Waals surface area contributed by atoms with Crippen LogP contribution in [0.4, 0.5) is 0 Å². The molecule has 0 amide bonds. The summed E-state index contributed by atoms with van der Waals surface area (Å²) < 4.78 is 1.39. The van der Waals surface area contributed by atoms with Crippen molar-refractivity contribution in [3.05, 3.63) is 27.1 Å². The number of hydrogen-bond donors (Lipinski definition) is 1. The van der Waals surface area contributed by atoms with E-state index in [1.807, 2.05) is 6.92 Å². The molecule has 0 aliphatic carbocycles. The predicted molar refractivity (Wildman–Crippen MR) is 74.4 cm³/mol. The highest BCUT2D eigenvalue weighted by atomic mass is 32.1. The van der Waals surface area contributed by atoms with E-state index >= 15 is 0 Å². The number of rotatable bonds is 3. The van der Waals surface area contributed by atoms with Gasteiger partial charge in [-0.25, -0.2) is 4.98 Å². The van der Waals surface area contributed by atoms with E-state index in [9.17, 15) is 4.79 Å². The van der Waals surface area contributed by atoms with Crippen molar-refractivity contribution in [2.75, 3.05) is 13.1 Å². The Balaban J connectivity index is 1.90. The quantitative estimate of drug-likeness (QED) is 0.871. The lowest BCUT2D eigenvalue weighted by atomic mass is 10.3. The second kappa shape index (κ2) is 4.99. The molecule has 1 atom stereocenters. The third-order valence-corrected chi connectivity index (χ3v) is 4.39. The average Bonchev–Trinajstić information content (AvgIpc) is 2.96. The maximum atomic E-state index is 12.0. The zero-order valence-corrected chi connectivity index (χ0v) is 11.7. The van der Waals surface area contributed by atoms with Crippen molar-refractivity contribution >= 4 is 16.3 Å². The van der Waals surface area contributed by atoms with Crippen LogP contribution in [0, 0.1) is 0 Å². The van der Waals surface area contributed by atoms with Crippen LogP contribution in [0.15, 0.2) is 10.9 Å². The van der Waals surface area contributed by atoms with Crippen LogP contribution in [0.2, 0.25) is 0 Å². The highest BCUT2D eigenvalue weighted by molar-refractivity contribution is 7.16. The van der Waals surface area contributed by atoms with Crippen LogP contribution >= 0.6 is 11.3 Å². The molecule has 0 bridgehead atoms. The van der Waals surface area contributed by atoms with Crippen molar-refractivity contribution in [1.29, 1.82) is 0 Å². The van der Waals surface area contributed by atoms with Crippen molar-refractivity contribution in [1.82, 2.24) is 19.5 Å². The van der Waals surface area contributed by atoms with Gasteiger partial charge in [-0.05, 0) is 12.8 Å². The minimum Gasteiger partial charge on any atom is -0.326 e. The molecule has 3 heterocycles. The Labute approximate surface area is 114 Å². The van der Waals surface area contributed by atoms with Crippen LogP contribution < -0.4 is 11.3 Å². The van der Waals surface area contributed by atoms with Gasteiger partial charge in [0.2, 0.25) is 4.96 Å². The van der Waals surface area contributed by atoms with Gasteiger partial charge in [0.15, 0.2) is 0 Å². The molecule has 6 nitrogen and oxygen atoms in total. The van der Waals surface area contributed by atoms with E-state index < -0.39 is 0 Å². The monoisotopic (exact) mass is 279 g/mol. The number of fused-ring (bicyclic) bond motifs is 1. The van der Waals surface area contributed by atoms with Gasteiger partial charge in [-0.3, -0.25) is 9.69 Å². The molecule has 7 heteroatoms. The molecule has 3 rings (SSSR count).